The van der Waals surface area contributed by atoms with Crippen molar-refractivity contribution in [3.05, 3.63) is 85.6 Å². The third-order valence-electron chi connectivity index (χ3n) is 7.36. The van der Waals surface area contributed by atoms with Gasteiger partial charge >= 0.3 is 0 Å². The normalized spacial score (nSPS) is 16.6. The Bertz CT molecular complexity index is 1520. The first-order chi connectivity index (χ1) is 18.2. The van der Waals surface area contributed by atoms with Gasteiger partial charge in [0.05, 0.1) is 32.6 Å². The van der Waals surface area contributed by atoms with Crippen LogP contribution >= 0.6 is 23.2 Å². The Balaban J connectivity index is 1.72. The van der Waals surface area contributed by atoms with Crippen molar-refractivity contribution in [3.8, 4) is 5.69 Å². The molecule has 7 nitrogen and oxygen atoms in total. The molecule has 1 aliphatic heterocycles. The summed E-state index contributed by atoms with van der Waals surface area (Å²) in [5.41, 5.74) is 0.415. The lowest BCUT2D eigenvalue weighted by molar-refractivity contribution is -0.120. The molecule has 1 aliphatic carbocycles. The maximum atomic E-state index is 14.8. The number of aryl methyl sites for hydroxylation is 1. The summed E-state index contributed by atoms with van der Waals surface area (Å²) >= 11 is 12.3. The van der Waals surface area contributed by atoms with Crippen molar-refractivity contribution in [1.29, 1.82) is 0 Å². The van der Waals surface area contributed by atoms with Gasteiger partial charge in [0.1, 0.15) is 11.5 Å². The number of nitrogens with zero attached hydrogens (tertiary/aromatic N) is 3. The zero-order valence-electron chi connectivity index (χ0n) is 21.1. The first-order valence-corrected chi connectivity index (χ1v) is 13.4. The molecule has 2 aliphatic rings. The number of likely N-dealkylation sites (N-methyl/N-ethyl adjacent to an activating group) is 1. The topological polar surface area (TPSA) is 78.4 Å². The molecule has 198 valence electrons. The summed E-state index contributed by atoms with van der Waals surface area (Å²) in [5, 5.41) is 3.67. The molecule has 0 saturated heterocycles. The number of hydrogen-bond acceptors (Lipinski definition) is 4. The van der Waals surface area contributed by atoms with E-state index in [1.165, 1.54) is 22.9 Å². The predicted octanol–water partition coefficient (Wildman–Crippen LogP) is 5.72. The molecule has 1 N–H and O–H groups in total. The average Bonchev–Trinajstić information content (AvgIpc) is 3.38. The standard InChI is InChI=1S/C28H27Cl2FN4O3/c1-3-21-23(27(37)35(32-21)17-13-14-18(29)19(30)15-17)24-25(33(2)16-9-5-4-6-10-16)28(38)34(26(24)36)22-12-8-7-11-20(22)31/h7-8,11-16,32H,3-6,9-10H2,1-2H3. The summed E-state index contributed by atoms with van der Waals surface area (Å²) < 4.78 is 16.1. The maximum absolute atomic E-state index is 14.8. The van der Waals surface area contributed by atoms with Gasteiger partial charge in [0.2, 0.25) is 0 Å². The Morgan fingerprint density at radius 3 is 2.37 bits per heavy atom. The largest absolute Gasteiger partial charge is 0.366 e. The van der Waals surface area contributed by atoms with E-state index in [-0.39, 0.29) is 33.6 Å². The molecule has 1 fully saturated rings. The van der Waals surface area contributed by atoms with Crippen molar-refractivity contribution in [3.63, 3.8) is 0 Å². The van der Waals surface area contributed by atoms with Crippen LogP contribution in [0.5, 0.6) is 0 Å². The fourth-order valence-corrected chi connectivity index (χ4v) is 5.67. The van der Waals surface area contributed by atoms with Gasteiger partial charge in [0, 0.05) is 18.8 Å². The molecule has 5 rings (SSSR count). The molecule has 10 heteroatoms. The number of benzene rings is 2. The van der Waals surface area contributed by atoms with Gasteiger partial charge in [-0.2, -0.15) is 0 Å². The second-order valence-electron chi connectivity index (χ2n) is 9.58. The predicted molar refractivity (Wildman–Crippen MR) is 146 cm³/mol. The third-order valence-corrected chi connectivity index (χ3v) is 8.10. The zero-order valence-corrected chi connectivity index (χ0v) is 22.6. The maximum Gasteiger partial charge on any atom is 0.282 e. The number of H-pyrrole nitrogens is 1. The first kappa shape index (κ1) is 26.3. The van der Waals surface area contributed by atoms with Crippen LogP contribution in [0.2, 0.25) is 10.0 Å². The molecule has 2 amide bonds. The van der Waals surface area contributed by atoms with Gasteiger partial charge in [-0.3, -0.25) is 19.5 Å². The molecule has 0 spiro atoms. The zero-order chi connectivity index (χ0) is 27.1. The molecule has 2 heterocycles. The number of rotatable bonds is 6. The van der Waals surface area contributed by atoms with Crippen molar-refractivity contribution >= 4 is 46.3 Å². The van der Waals surface area contributed by atoms with E-state index in [0.717, 1.165) is 37.0 Å². The number of hydrogen-bond donors (Lipinski definition) is 1. The van der Waals surface area contributed by atoms with Crippen LogP contribution in [0.4, 0.5) is 10.1 Å². The second kappa shape index (κ2) is 10.4. The van der Waals surface area contributed by atoms with Crippen LogP contribution in [-0.2, 0) is 16.0 Å². The van der Waals surface area contributed by atoms with Crippen molar-refractivity contribution in [2.75, 3.05) is 11.9 Å². The van der Waals surface area contributed by atoms with E-state index in [2.05, 4.69) is 5.10 Å². The minimum absolute atomic E-state index is 0.0207. The van der Waals surface area contributed by atoms with Crippen LogP contribution in [0.25, 0.3) is 11.3 Å². The van der Waals surface area contributed by atoms with Crippen LogP contribution in [0.3, 0.4) is 0 Å². The minimum Gasteiger partial charge on any atom is -0.366 e. The van der Waals surface area contributed by atoms with E-state index in [1.54, 1.807) is 31.3 Å². The van der Waals surface area contributed by atoms with E-state index in [9.17, 15) is 18.8 Å². The van der Waals surface area contributed by atoms with E-state index in [0.29, 0.717) is 22.8 Å². The van der Waals surface area contributed by atoms with Gasteiger partial charge in [0.15, 0.2) is 0 Å². The van der Waals surface area contributed by atoms with Crippen LogP contribution in [0, 0.1) is 5.82 Å². The summed E-state index contributed by atoms with van der Waals surface area (Å²) in [7, 11) is 1.77. The van der Waals surface area contributed by atoms with Gasteiger partial charge in [-0.25, -0.2) is 14.0 Å². The summed E-state index contributed by atoms with van der Waals surface area (Å²) in [5.74, 6) is -2.08. The lowest BCUT2D eigenvalue weighted by Crippen LogP contribution is -2.39. The third kappa shape index (κ3) is 4.35. The number of halogens is 3. The van der Waals surface area contributed by atoms with Crippen LogP contribution in [-0.4, -0.2) is 39.6 Å². The highest BCUT2D eigenvalue weighted by Gasteiger charge is 2.46. The summed E-state index contributed by atoms with van der Waals surface area (Å²) in [4.78, 5) is 44.4. The highest BCUT2D eigenvalue weighted by molar-refractivity contribution is 6.45. The van der Waals surface area contributed by atoms with Gasteiger partial charge in [-0.15, -0.1) is 0 Å². The van der Waals surface area contributed by atoms with Gasteiger partial charge in [0.25, 0.3) is 17.4 Å². The summed E-state index contributed by atoms with van der Waals surface area (Å²) in [6.45, 7) is 1.84. The number of carbonyl (C=O) groups excluding carboxylic acids is 2. The van der Waals surface area contributed by atoms with Gasteiger partial charge < -0.3 is 4.90 Å². The highest BCUT2D eigenvalue weighted by Crippen LogP contribution is 2.38. The Labute approximate surface area is 229 Å². The van der Waals surface area contributed by atoms with Crippen LogP contribution in [0.15, 0.2) is 53.0 Å². The molecule has 2 aromatic carbocycles. The van der Waals surface area contributed by atoms with E-state index >= 15 is 0 Å². The molecule has 0 radical (unpaired) electrons. The van der Waals surface area contributed by atoms with Crippen LogP contribution < -0.4 is 10.5 Å². The monoisotopic (exact) mass is 556 g/mol. The molecule has 3 aromatic rings. The van der Waals surface area contributed by atoms with Crippen molar-refractivity contribution in [2.24, 2.45) is 0 Å². The Morgan fingerprint density at radius 1 is 1.00 bits per heavy atom. The second-order valence-corrected chi connectivity index (χ2v) is 10.4. The van der Waals surface area contributed by atoms with Gasteiger partial charge in [-0.05, 0) is 49.6 Å². The number of nitrogens with one attached hydrogen (secondary N) is 1. The van der Waals surface area contributed by atoms with Crippen molar-refractivity contribution < 1.29 is 14.0 Å². The number of amides is 2. The Morgan fingerprint density at radius 2 is 1.71 bits per heavy atom. The quantitative estimate of drug-likeness (QED) is 0.393. The average molecular weight is 557 g/mol. The molecule has 0 bridgehead atoms. The Kier molecular flexibility index (Phi) is 7.20. The number of aromatic amines is 1. The minimum atomic E-state index is -0.732. The molecular weight excluding hydrogens is 530 g/mol. The van der Waals surface area contributed by atoms with Crippen LogP contribution in [0.1, 0.15) is 50.3 Å². The summed E-state index contributed by atoms with van der Waals surface area (Å²) in [6.07, 6.45) is 5.21. The SMILES string of the molecule is CCc1[nH]n(-c2ccc(Cl)c(Cl)c2)c(=O)c1C1=C(N(C)C2CCCCC2)C(=O)N(c2ccccc2F)C1=O. The number of carbonyl (C=O) groups is 2. The summed E-state index contributed by atoms with van der Waals surface area (Å²) in [6, 6.07) is 10.4. The van der Waals surface area contributed by atoms with Crippen molar-refractivity contribution in [1.82, 2.24) is 14.7 Å². The molecular formula is C28H27Cl2FN4O3. The van der Waals surface area contributed by atoms with Gasteiger partial charge in [-0.1, -0.05) is 61.5 Å². The molecule has 1 aromatic heterocycles. The van der Waals surface area contributed by atoms with E-state index in [4.69, 9.17) is 23.2 Å². The number of imide groups is 1. The molecule has 0 unspecified atom stereocenters. The fraction of sp³-hybridized carbons (Fsp3) is 0.321. The molecule has 38 heavy (non-hydrogen) atoms. The Hall–Kier alpha value is -3.36. The number of para-hydroxylation sites is 1. The molecule has 0 atom stereocenters. The number of aromatic nitrogens is 2. The fourth-order valence-electron chi connectivity index (χ4n) is 5.38. The van der Waals surface area contributed by atoms with Crippen molar-refractivity contribution in [2.45, 2.75) is 51.5 Å². The number of anilines is 1. The van der Waals surface area contributed by atoms with E-state index < -0.39 is 23.2 Å². The highest BCUT2D eigenvalue weighted by atomic mass is 35.5. The first-order valence-electron chi connectivity index (χ1n) is 12.6. The molecule has 1 saturated carbocycles. The smallest absolute Gasteiger partial charge is 0.282 e. The van der Waals surface area contributed by atoms with E-state index in [1.807, 2.05) is 11.8 Å². The lowest BCUT2D eigenvalue weighted by Gasteiger charge is -2.33. The lowest BCUT2D eigenvalue weighted by atomic mass is 9.93.